The second kappa shape index (κ2) is 11.4. The molecule has 0 amide bonds. The third-order valence-corrected chi connectivity index (χ3v) is 7.98. The van der Waals surface area contributed by atoms with Crippen molar-refractivity contribution < 1.29 is 23.5 Å². The fraction of sp³-hybridized carbons (Fsp3) is 0.400. The maximum absolute atomic E-state index is 14.5. The van der Waals surface area contributed by atoms with Crippen molar-refractivity contribution in [1.29, 1.82) is 0 Å². The van der Waals surface area contributed by atoms with Crippen LogP contribution in [-0.4, -0.2) is 30.8 Å². The molecule has 1 N–H and O–H groups in total. The third kappa shape index (κ3) is 6.33. The molecule has 1 aliphatic rings. The average molecular weight is 489 g/mol. The summed E-state index contributed by atoms with van der Waals surface area (Å²) in [6.45, 7) is 11.3. The van der Waals surface area contributed by atoms with Crippen LogP contribution in [0.4, 0.5) is 5.69 Å². The summed E-state index contributed by atoms with van der Waals surface area (Å²) >= 11 is 0. The molecule has 0 fully saturated rings. The summed E-state index contributed by atoms with van der Waals surface area (Å²) in [5.74, 6) is -1.44. The second-order valence-electron chi connectivity index (χ2n) is 8.67. The van der Waals surface area contributed by atoms with Crippen molar-refractivity contribution in [2.45, 2.75) is 47.5 Å². The summed E-state index contributed by atoms with van der Waals surface area (Å²) < 4.78 is 25.6. The molecule has 0 aromatic heterocycles. The number of nitrogens with one attached hydrogen (secondary N) is 1. The van der Waals surface area contributed by atoms with Crippen molar-refractivity contribution >= 4 is 19.0 Å². The molecular formula is C25H33N2O6P. The molecular weight excluding hydrogens is 455 g/mol. The minimum atomic E-state index is -3.55. The number of non-ortho nitro benzene ring substituents is 1. The molecule has 0 aliphatic carbocycles. The lowest BCUT2D eigenvalue weighted by molar-refractivity contribution is -0.384. The Morgan fingerprint density at radius 3 is 2.35 bits per heavy atom. The van der Waals surface area contributed by atoms with Crippen LogP contribution in [0.2, 0.25) is 0 Å². The van der Waals surface area contributed by atoms with Gasteiger partial charge in [0.15, 0.2) is 0 Å². The van der Waals surface area contributed by atoms with Crippen molar-refractivity contribution in [1.82, 2.24) is 5.32 Å². The van der Waals surface area contributed by atoms with E-state index in [0.29, 0.717) is 22.3 Å². The van der Waals surface area contributed by atoms with Crippen LogP contribution in [0.3, 0.4) is 0 Å². The number of nitro groups is 1. The number of hydrogen-bond donors (Lipinski definition) is 1. The third-order valence-electron chi connectivity index (χ3n) is 5.43. The number of rotatable bonds is 9. The van der Waals surface area contributed by atoms with Gasteiger partial charge in [-0.2, -0.15) is 0 Å². The average Bonchev–Trinajstić information content (AvgIpc) is 2.76. The van der Waals surface area contributed by atoms with Gasteiger partial charge in [-0.3, -0.25) is 14.7 Å². The van der Waals surface area contributed by atoms with Gasteiger partial charge in [-0.05, 0) is 47.1 Å². The standard InChI is InChI=1S/C25H33N2O6P/c1-16(2)11-13-33-34(31,14-12-17(3)4)24-19(6)26-18(5)22(25(28)32-7)23(24)20-9-8-10-21(15-20)27(29)30/h8-12,15,23,26H,13-14H2,1-7H3. The number of nitro benzene ring substituents is 1. The minimum absolute atomic E-state index is 0.124. The highest BCUT2D eigenvalue weighted by Gasteiger charge is 2.43. The zero-order valence-electron chi connectivity index (χ0n) is 20.8. The first-order chi connectivity index (χ1) is 15.9. The summed E-state index contributed by atoms with van der Waals surface area (Å²) in [5, 5.41) is 15.0. The van der Waals surface area contributed by atoms with Crippen LogP contribution in [0.15, 0.2) is 69.8 Å². The van der Waals surface area contributed by atoms with Crippen molar-refractivity contribution in [3.8, 4) is 0 Å². The van der Waals surface area contributed by atoms with Crippen LogP contribution in [0.5, 0.6) is 0 Å². The van der Waals surface area contributed by atoms with E-state index in [-0.39, 0.29) is 24.0 Å². The zero-order chi connectivity index (χ0) is 25.6. The highest BCUT2D eigenvalue weighted by Crippen LogP contribution is 2.63. The van der Waals surface area contributed by atoms with E-state index in [2.05, 4.69) is 5.32 Å². The van der Waals surface area contributed by atoms with E-state index in [4.69, 9.17) is 9.26 Å². The quantitative estimate of drug-likeness (QED) is 0.145. The largest absolute Gasteiger partial charge is 0.466 e. The zero-order valence-corrected chi connectivity index (χ0v) is 21.7. The topological polar surface area (TPSA) is 108 Å². The van der Waals surface area contributed by atoms with Crippen LogP contribution >= 0.6 is 7.37 Å². The molecule has 1 aromatic rings. The Labute approximate surface area is 201 Å². The molecule has 8 nitrogen and oxygen atoms in total. The van der Waals surface area contributed by atoms with E-state index in [0.717, 1.165) is 11.1 Å². The van der Waals surface area contributed by atoms with Gasteiger partial charge in [-0.25, -0.2) is 4.79 Å². The van der Waals surface area contributed by atoms with Gasteiger partial charge >= 0.3 is 5.97 Å². The van der Waals surface area contributed by atoms with E-state index in [1.54, 1.807) is 26.0 Å². The molecule has 2 unspecified atom stereocenters. The normalized spacial score (nSPS) is 17.4. The molecule has 1 aliphatic heterocycles. The van der Waals surface area contributed by atoms with Crippen LogP contribution < -0.4 is 5.32 Å². The fourth-order valence-electron chi connectivity index (χ4n) is 3.81. The van der Waals surface area contributed by atoms with E-state index >= 15 is 0 Å². The molecule has 0 radical (unpaired) electrons. The van der Waals surface area contributed by atoms with Crippen molar-refractivity contribution in [3.05, 3.63) is 85.5 Å². The van der Waals surface area contributed by atoms with Gasteiger partial charge in [0.25, 0.3) is 5.69 Å². The number of esters is 1. The number of ether oxygens (including phenoxy) is 1. The molecule has 2 atom stereocenters. The van der Waals surface area contributed by atoms with Gasteiger partial charge in [0, 0.05) is 35.0 Å². The summed E-state index contributed by atoms with van der Waals surface area (Å²) in [6, 6.07) is 6.02. The highest BCUT2D eigenvalue weighted by molar-refractivity contribution is 7.63. The molecule has 184 valence electrons. The molecule has 1 heterocycles. The molecule has 0 bridgehead atoms. The number of hydrogen-bond acceptors (Lipinski definition) is 7. The van der Waals surface area contributed by atoms with Gasteiger partial charge < -0.3 is 14.6 Å². The number of dihydropyridines is 1. The van der Waals surface area contributed by atoms with Gasteiger partial charge in [0.1, 0.15) is 0 Å². The number of allylic oxidation sites excluding steroid dienone is 6. The van der Waals surface area contributed by atoms with Crippen LogP contribution in [0.25, 0.3) is 0 Å². The Kier molecular flexibility index (Phi) is 9.19. The molecule has 0 spiro atoms. The Hall–Kier alpha value is -2.96. The number of methoxy groups -OCH3 is 1. The Morgan fingerprint density at radius 2 is 1.79 bits per heavy atom. The predicted octanol–water partition coefficient (Wildman–Crippen LogP) is 6.19. The van der Waals surface area contributed by atoms with Gasteiger partial charge in [0.2, 0.25) is 7.37 Å². The van der Waals surface area contributed by atoms with Crippen molar-refractivity contribution in [2.24, 2.45) is 0 Å². The number of carbonyl (C=O) groups is 1. The number of benzene rings is 1. The van der Waals surface area contributed by atoms with Gasteiger partial charge in [-0.1, -0.05) is 35.4 Å². The number of nitrogens with zero attached hydrogens (tertiary/aromatic N) is 1. The predicted molar refractivity (Wildman–Crippen MR) is 134 cm³/mol. The Balaban J connectivity index is 2.81. The van der Waals surface area contributed by atoms with E-state index in [9.17, 15) is 19.5 Å². The highest BCUT2D eigenvalue weighted by atomic mass is 31.2. The van der Waals surface area contributed by atoms with Crippen LogP contribution in [-0.2, 0) is 18.6 Å². The van der Waals surface area contributed by atoms with Gasteiger partial charge in [0.05, 0.1) is 30.1 Å². The lowest BCUT2D eigenvalue weighted by Gasteiger charge is -2.35. The summed E-state index contributed by atoms with van der Waals surface area (Å²) in [7, 11) is -2.28. The molecule has 2 rings (SSSR count). The van der Waals surface area contributed by atoms with Crippen LogP contribution in [0.1, 0.15) is 53.0 Å². The molecule has 1 aromatic carbocycles. The molecule has 0 saturated heterocycles. The lowest BCUT2D eigenvalue weighted by Crippen LogP contribution is -2.29. The van der Waals surface area contributed by atoms with E-state index in [1.165, 1.54) is 19.2 Å². The molecule has 9 heteroatoms. The minimum Gasteiger partial charge on any atom is -0.466 e. The lowest BCUT2D eigenvalue weighted by atomic mass is 9.86. The maximum Gasteiger partial charge on any atom is 0.336 e. The van der Waals surface area contributed by atoms with E-state index in [1.807, 2.05) is 39.8 Å². The Morgan fingerprint density at radius 1 is 1.15 bits per heavy atom. The summed E-state index contributed by atoms with van der Waals surface area (Å²) in [4.78, 5) is 23.9. The first kappa shape index (κ1) is 27.3. The Bertz CT molecular complexity index is 1140. The fourth-order valence-corrected chi connectivity index (χ4v) is 6.41. The SMILES string of the molecule is COC(=O)C1=C(C)NC(C)=C(P(=O)(CC=C(C)C)OCC=C(C)C)C1c1cccc([N+](=O)[O-])c1. The smallest absolute Gasteiger partial charge is 0.336 e. The monoisotopic (exact) mass is 488 g/mol. The van der Waals surface area contributed by atoms with E-state index < -0.39 is 24.2 Å². The molecule has 34 heavy (non-hydrogen) atoms. The van der Waals surface area contributed by atoms with Crippen molar-refractivity contribution in [3.63, 3.8) is 0 Å². The number of carbonyl (C=O) groups excluding carboxylic acids is 1. The molecule has 0 saturated carbocycles. The van der Waals surface area contributed by atoms with Crippen LogP contribution in [0, 0.1) is 10.1 Å². The first-order valence-corrected chi connectivity index (χ1v) is 12.7. The van der Waals surface area contributed by atoms with Crippen molar-refractivity contribution in [2.75, 3.05) is 19.9 Å². The summed E-state index contributed by atoms with van der Waals surface area (Å²) in [5.41, 5.74) is 3.69. The van der Waals surface area contributed by atoms with Gasteiger partial charge in [-0.15, -0.1) is 0 Å². The maximum atomic E-state index is 14.5. The summed E-state index contributed by atoms with van der Waals surface area (Å²) in [6.07, 6.45) is 3.81. The first-order valence-electron chi connectivity index (χ1n) is 10.9. The second-order valence-corrected chi connectivity index (χ2v) is 11.1.